The monoisotopic (exact) mass is 365 g/mol. The van der Waals surface area contributed by atoms with E-state index in [1.54, 1.807) is 0 Å². The zero-order valence-corrected chi connectivity index (χ0v) is 14.3. The van der Waals surface area contributed by atoms with Crippen LogP contribution in [0.1, 0.15) is 28.4 Å². The molecule has 1 atom stereocenters. The molecule has 2 rings (SSSR count). The number of rotatable bonds is 4. The van der Waals surface area contributed by atoms with Crippen molar-refractivity contribution in [3.05, 3.63) is 68.7 Å². The lowest BCUT2D eigenvalue weighted by Gasteiger charge is -2.15. The number of hydrogen-bond acceptors (Lipinski definition) is 1. The van der Waals surface area contributed by atoms with Gasteiger partial charge in [-0.2, -0.15) is 0 Å². The van der Waals surface area contributed by atoms with E-state index >= 15 is 0 Å². The number of halogens is 2. The molecule has 0 fully saturated rings. The van der Waals surface area contributed by atoms with E-state index in [1.165, 1.54) is 0 Å². The van der Waals surface area contributed by atoms with E-state index in [-0.39, 0.29) is 11.9 Å². The molecule has 2 aromatic carbocycles. The smallest absolute Gasteiger partial charge is 0.252 e. The number of amides is 1. The zero-order chi connectivity index (χ0) is 15.4. The fourth-order valence-electron chi connectivity index (χ4n) is 2.19. The van der Waals surface area contributed by atoms with Crippen LogP contribution in [0.2, 0.25) is 5.02 Å². The Morgan fingerprint density at radius 3 is 2.71 bits per heavy atom. The Labute approximate surface area is 138 Å². The molecule has 0 heterocycles. The molecule has 2 nitrogen and oxygen atoms in total. The van der Waals surface area contributed by atoms with Crippen molar-refractivity contribution in [2.75, 3.05) is 0 Å². The molecule has 0 bridgehead atoms. The van der Waals surface area contributed by atoms with E-state index in [2.05, 4.69) is 21.2 Å². The van der Waals surface area contributed by atoms with Gasteiger partial charge in [-0.15, -0.1) is 0 Å². The van der Waals surface area contributed by atoms with Crippen molar-refractivity contribution in [2.45, 2.75) is 26.3 Å². The van der Waals surface area contributed by atoms with Crippen molar-refractivity contribution in [1.29, 1.82) is 0 Å². The summed E-state index contributed by atoms with van der Waals surface area (Å²) in [4.78, 5) is 12.3. The first-order valence-corrected chi connectivity index (χ1v) is 7.95. The zero-order valence-electron chi connectivity index (χ0n) is 12.0. The third-order valence-corrected chi connectivity index (χ3v) is 4.53. The van der Waals surface area contributed by atoms with Crippen LogP contribution in [0.4, 0.5) is 0 Å². The molecular formula is C17H17BrClNO. The van der Waals surface area contributed by atoms with E-state index in [0.29, 0.717) is 10.6 Å². The van der Waals surface area contributed by atoms with E-state index in [1.807, 2.05) is 56.3 Å². The molecule has 0 radical (unpaired) electrons. The van der Waals surface area contributed by atoms with E-state index in [0.717, 1.165) is 22.0 Å². The molecule has 0 aliphatic heterocycles. The molecule has 0 aromatic heterocycles. The maximum atomic E-state index is 12.3. The van der Waals surface area contributed by atoms with Crippen molar-refractivity contribution < 1.29 is 4.79 Å². The lowest BCUT2D eigenvalue weighted by Crippen LogP contribution is -2.34. The molecule has 0 saturated heterocycles. The van der Waals surface area contributed by atoms with Crippen LogP contribution < -0.4 is 5.32 Å². The van der Waals surface area contributed by atoms with Crippen molar-refractivity contribution in [2.24, 2.45) is 0 Å². The van der Waals surface area contributed by atoms with Crippen LogP contribution >= 0.6 is 27.5 Å². The van der Waals surface area contributed by atoms with Crippen molar-refractivity contribution >= 4 is 33.4 Å². The standard InChI is InChI=1S/C17H17BrClNO/c1-11-5-3-8-15(16(11)18)17(21)20-12(2)9-13-6-4-7-14(19)10-13/h3-8,10,12H,9H2,1-2H3,(H,20,21). The first-order valence-electron chi connectivity index (χ1n) is 6.78. The SMILES string of the molecule is Cc1cccc(C(=O)NC(C)Cc2cccc(Cl)c2)c1Br. The van der Waals surface area contributed by atoms with Gasteiger partial charge in [-0.3, -0.25) is 4.79 Å². The average molecular weight is 367 g/mol. The average Bonchev–Trinajstić information content (AvgIpc) is 2.41. The molecule has 0 aliphatic rings. The maximum absolute atomic E-state index is 12.3. The highest BCUT2D eigenvalue weighted by Gasteiger charge is 2.14. The summed E-state index contributed by atoms with van der Waals surface area (Å²) in [6, 6.07) is 13.4. The Hall–Kier alpha value is -1.32. The Balaban J connectivity index is 2.04. The summed E-state index contributed by atoms with van der Waals surface area (Å²) in [5, 5.41) is 3.74. The van der Waals surface area contributed by atoms with Crippen LogP contribution in [0.3, 0.4) is 0 Å². The van der Waals surface area contributed by atoms with Gasteiger partial charge < -0.3 is 5.32 Å². The van der Waals surface area contributed by atoms with Gasteiger partial charge in [0.2, 0.25) is 0 Å². The quantitative estimate of drug-likeness (QED) is 0.829. The number of carbonyl (C=O) groups is 1. The topological polar surface area (TPSA) is 29.1 Å². The number of benzene rings is 2. The minimum atomic E-state index is -0.0693. The minimum absolute atomic E-state index is 0.0309. The first kappa shape index (κ1) is 16.1. The number of aryl methyl sites for hydroxylation is 1. The highest BCUT2D eigenvalue weighted by atomic mass is 79.9. The number of nitrogens with one attached hydrogen (secondary N) is 1. The van der Waals surface area contributed by atoms with E-state index in [9.17, 15) is 4.79 Å². The van der Waals surface area contributed by atoms with Gasteiger partial charge in [0.25, 0.3) is 5.91 Å². The fraction of sp³-hybridized carbons (Fsp3) is 0.235. The molecule has 1 unspecified atom stereocenters. The normalized spacial score (nSPS) is 12.0. The third-order valence-electron chi connectivity index (χ3n) is 3.24. The predicted octanol–water partition coefficient (Wildman–Crippen LogP) is 4.77. The molecule has 21 heavy (non-hydrogen) atoms. The van der Waals surface area contributed by atoms with Gasteiger partial charge in [0, 0.05) is 15.5 Å². The van der Waals surface area contributed by atoms with Gasteiger partial charge in [-0.05, 0) is 65.5 Å². The molecule has 2 aromatic rings. The van der Waals surface area contributed by atoms with Crippen LogP contribution in [0.25, 0.3) is 0 Å². The molecule has 1 amide bonds. The lowest BCUT2D eigenvalue weighted by molar-refractivity contribution is 0.0939. The van der Waals surface area contributed by atoms with Crippen LogP contribution in [-0.2, 0) is 6.42 Å². The van der Waals surface area contributed by atoms with E-state index in [4.69, 9.17) is 11.6 Å². The van der Waals surface area contributed by atoms with Crippen molar-refractivity contribution in [3.63, 3.8) is 0 Å². The van der Waals surface area contributed by atoms with Crippen molar-refractivity contribution in [3.8, 4) is 0 Å². The first-order chi connectivity index (χ1) is 9.97. The summed E-state index contributed by atoms with van der Waals surface area (Å²) in [7, 11) is 0. The number of hydrogen-bond donors (Lipinski definition) is 1. The number of carbonyl (C=O) groups excluding carboxylic acids is 1. The highest BCUT2D eigenvalue weighted by molar-refractivity contribution is 9.10. The van der Waals surface area contributed by atoms with Crippen LogP contribution in [-0.4, -0.2) is 11.9 Å². The molecule has 0 spiro atoms. The Morgan fingerprint density at radius 2 is 2.00 bits per heavy atom. The Morgan fingerprint density at radius 1 is 1.29 bits per heavy atom. The van der Waals surface area contributed by atoms with Gasteiger partial charge in [0.15, 0.2) is 0 Å². The summed E-state index contributed by atoms with van der Waals surface area (Å²) in [6.45, 7) is 3.96. The Bertz CT molecular complexity index is 657. The summed E-state index contributed by atoms with van der Waals surface area (Å²) in [5.74, 6) is -0.0693. The van der Waals surface area contributed by atoms with Crippen LogP contribution in [0.5, 0.6) is 0 Å². The second-order valence-corrected chi connectivity index (χ2v) is 6.37. The van der Waals surface area contributed by atoms with E-state index < -0.39 is 0 Å². The van der Waals surface area contributed by atoms with Gasteiger partial charge in [-0.25, -0.2) is 0 Å². The fourth-order valence-corrected chi connectivity index (χ4v) is 2.85. The van der Waals surface area contributed by atoms with Crippen molar-refractivity contribution in [1.82, 2.24) is 5.32 Å². The molecular weight excluding hydrogens is 350 g/mol. The summed E-state index contributed by atoms with van der Waals surface area (Å²) < 4.78 is 0.845. The van der Waals surface area contributed by atoms with Gasteiger partial charge in [-0.1, -0.05) is 35.9 Å². The molecule has 4 heteroatoms. The highest BCUT2D eigenvalue weighted by Crippen LogP contribution is 2.21. The van der Waals surface area contributed by atoms with Crippen LogP contribution in [0.15, 0.2) is 46.9 Å². The predicted molar refractivity (Wildman–Crippen MR) is 91.0 cm³/mol. The summed E-state index contributed by atoms with van der Waals surface area (Å²) >= 11 is 9.44. The third kappa shape index (κ3) is 4.32. The molecule has 0 aliphatic carbocycles. The van der Waals surface area contributed by atoms with Gasteiger partial charge >= 0.3 is 0 Å². The molecule has 0 saturated carbocycles. The summed E-state index contributed by atoms with van der Waals surface area (Å²) in [6.07, 6.45) is 0.746. The van der Waals surface area contributed by atoms with Gasteiger partial charge in [0.1, 0.15) is 0 Å². The lowest BCUT2D eigenvalue weighted by atomic mass is 10.1. The summed E-state index contributed by atoms with van der Waals surface area (Å²) in [5.41, 5.74) is 2.82. The second kappa shape index (κ2) is 7.10. The minimum Gasteiger partial charge on any atom is -0.349 e. The maximum Gasteiger partial charge on any atom is 0.252 e. The largest absolute Gasteiger partial charge is 0.349 e. The molecule has 1 N–H and O–H groups in total. The van der Waals surface area contributed by atoms with Crippen LogP contribution in [0, 0.1) is 6.92 Å². The second-order valence-electron chi connectivity index (χ2n) is 5.15. The Kier molecular flexibility index (Phi) is 5.43. The molecule has 110 valence electrons. The van der Waals surface area contributed by atoms with Gasteiger partial charge in [0.05, 0.1) is 5.56 Å².